The van der Waals surface area contributed by atoms with E-state index >= 15 is 0 Å². The fraction of sp³-hybridized carbons (Fsp3) is 0.333. The number of guanidine groups is 1. The van der Waals surface area contributed by atoms with Crippen LogP contribution in [0.2, 0.25) is 0 Å². The summed E-state index contributed by atoms with van der Waals surface area (Å²) in [5.74, 6) is 1.63. The number of nitrogens with zero attached hydrogens (tertiary/aromatic N) is 4. The molecule has 0 unspecified atom stereocenters. The van der Waals surface area contributed by atoms with Crippen LogP contribution in [0.5, 0.6) is 11.5 Å². The van der Waals surface area contributed by atoms with Crippen LogP contribution in [0.4, 0.5) is 10.1 Å². The topological polar surface area (TPSA) is 57.6 Å². The van der Waals surface area contributed by atoms with Crippen molar-refractivity contribution in [1.82, 2.24) is 9.80 Å². The minimum atomic E-state index is -0.209. The molecule has 150 valence electrons. The summed E-state index contributed by atoms with van der Waals surface area (Å²) in [5, 5.41) is 0. The molecule has 7 nitrogen and oxygen atoms in total. The van der Waals surface area contributed by atoms with E-state index < -0.39 is 0 Å². The first-order valence-electron chi connectivity index (χ1n) is 9.71. The van der Waals surface area contributed by atoms with E-state index in [-0.39, 0.29) is 18.5 Å². The maximum atomic E-state index is 14.1. The number of para-hydroxylation sites is 1. The number of hydrogen-bond acceptors (Lipinski definition) is 6. The van der Waals surface area contributed by atoms with Gasteiger partial charge in [-0.1, -0.05) is 12.1 Å². The van der Waals surface area contributed by atoms with Crippen LogP contribution >= 0.6 is 0 Å². The van der Waals surface area contributed by atoms with Gasteiger partial charge in [-0.2, -0.15) is 0 Å². The summed E-state index contributed by atoms with van der Waals surface area (Å²) < 4.78 is 24.8. The van der Waals surface area contributed by atoms with Crippen LogP contribution in [0, 0.1) is 5.82 Å². The number of anilines is 1. The Morgan fingerprint density at radius 3 is 2.52 bits per heavy atom. The van der Waals surface area contributed by atoms with Crippen molar-refractivity contribution in [3.63, 3.8) is 0 Å². The highest BCUT2D eigenvalue weighted by Gasteiger charge is 2.32. The van der Waals surface area contributed by atoms with Gasteiger partial charge in [0.15, 0.2) is 11.5 Å². The molecule has 0 aliphatic carbocycles. The number of halogens is 1. The first-order valence-corrected chi connectivity index (χ1v) is 9.71. The van der Waals surface area contributed by atoms with Crippen LogP contribution in [-0.4, -0.2) is 67.7 Å². The number of piperazine rings is 1. The molecule has 3 heterocycles. The average Bonchev–Trinajstić information content (AvgIpc) is 3.43. The van der Waals surface area contributed by atoms with Gasteiger partial charge in [-0.05, 0) is 30.3 Å². The largest absolute Gasteiger partial charge is 0.454 e. The predicted octanol–water partition coefficient (Wildman–Crippen LogP) is 2.19. The van der Waals surface area contributed by atoms with Gasteiger partial charge in [0.25, 0.3) is 5.91 Å². The second-order valence-corrected chi connectivity index (χ2v) is 7.13. The maximum absolute atomic E-state index is 14.1. The van der Waals surface area contributed by atoms with E-state index in [0.29, 0.717) is 68.0 Å². The van der Waals surface area contributed by atoms with Gasteiger partial charge in [-0.15, -0.1) is 0 Å². The van der Waals surface area contributed by atoms with E-state index in [1.54, 1.807) is 35.2 Å². The van der Waals surface area contributed by atoms with Gasteiger partial charge in [0.05, 0.1) is 12.2 Å². The fourth-order valence-corrected chi connectivity index (χ4v) is 3.94. The number of carbonyl (C=O) groups excluding carboxylic acids is 1. The highest BCUT2D eigenvalue weighted by Crippen LogP contribution is 2.33. The molecule has 3 aliphatic heterocycles. The Kier molecular flexibility index (Phi) is 4.46. The minimum Gasteiger partial charge on any atom is -0.454 e. The third-order valence-corrected chi connectivity index (χ3v) is 5.44. The number of amides is 1. The first-order chi connectivity index (χ1) is 14.2. The molecule has 0 spiro atoms. The third kappa shape index (κ3) is 3.24. The molecule has 2 aromatic carbocycles. The number of carbonyl (C=O) groups is 1. The van der Waals surface area contributed by atoms with Crippen LogP contribution in [0.15, 0.2) is 47.5 Å². The van der Waals surface area contributed by atoms with Crippen molar-refractivity contribution in [3.05, 3.63) is 53.8 Å². The Morgan fingerprint density at radius 1 is 0.931 bits per heavy atom. The molecule has 2 aromatic rings. The predicted molar refractivity (Wildman–Crippen MR) is 106 cm³/mol. The summed E-state index contributed by atoms with van der Waals surface area (Å²) in [6, 6.07) is 12.1. The lowest BCUT2D eigenvalue weighted by atomic mass is 10.1. The van der Waals surface area contributed by atoms with Crippen LogP contribution < -0.4 is 14.4 Å². The van der Waals surface area contributed by atoms with Crippen molar-refractivity contribution in [2.45, 2.75) is 0 Å². The van der Waals surface area contributed by atoms with Crippen LogP contribution in [-0.2, 0) is 0 Å². The van der Waals surface area contributed by atoms with Crippen molar-refractivity contribution >= 4 is 17.6 Å². The van der Waals surface area contributed by atoms with Gasteiger partial charge >= 0.3 is 0 Å². The van der Waals surface area contributed by atoms with E-state index in [0.717, 1.165) is 0 Å². The highest BCUT2D eigenvalue weighted by atomic mass is 19.1. The molecule has 29 heavy (non-hydrogen) atoms. The van der Waals surface area contributed by atoms with Crippen LogP contribution in [0.1, 0.15) is 10.4 Å². The van der Waals surface area contributed by atoms with Gasteiger partial charge < -0.3 is 19.3 Å². The second-order valence-electron chi connectivity index (χ2n) is 7.13. The molecule has 0 saturated carbocycles. The zero-order chi connectivity index (χ0) is 19.8. The summed E-state index contributed by atoms with van der Waals surface area (Å²) in [6.45, 7) is 4.01. The molecule has 0 N–H and O–H groups in total. The summed E-state index contributed by atoms with van der Waals surface area (Å²) >= 11 is 0. The molecule has 1 fully saturated rings. The molecule has 3 aliphatic rings. The molecule has 0 atom stereocenters. The van der Waals surface area contributed by atoms with Crippen molar-refractivity contribution < 1.29 is 18.7 Å². The molecule has 8 heteroatoms. The first kappa shape index (κ1) is 17.8. The minimum absolute atomic E-state index is 0.101. The van der Waals surface area contributed by atoms with E-state index in [4.69, 9.17) is 9.47 Å². The van der Waals surface area contributed by atoms with Gasteiger partial charge in [0.1, 0.15) is 5.82 Å². The summed E-state index contributed by atoms with van der Waals surface area (Å²) in [7, 11) is 0. The zero-order valence-corrected chi connectivity index (χ0v) is 15.9. The van der Waals surface area contributed by atoms with E-state index in [9.17, 15) is 9.18 Å². The van der Waals surface area contributed by atoms with E-state index in [1.165, 1.54) is 6.07 Å². The van der Waals surface area contributed by atoms with Crippen molar-refractivity contribution in [1.29, 1.82) is 0 Å². The molecule has 1 saturated heterocycles. The Morgan fingerprint density at radius 2 is 1.69 bits per heavy atom. The maximum Gasteiger partial charge on any atom is 0.260 e. The fourth-order valence-electron chi connectivity index (χ4n) is 3.94. The molecule has 5 rings (SSSR count). The summed E-state index contributed by atoms with van der Waals surface area (Å²) in [6.07, 6.45) is 0. The standard InChI is InChI=1S/C21H21FN4O3/c22-16-3-1-2-4-17(16)24-9-11-25(12-10-24)21-23-7-8-26(21)20(27)15-5-6-18-19(13-15)29-14-28-18/h1-6,13H,7-12,14H2. The summed E-state index contributed by atoms with van der Waals surface area (Å²) in [4.78, 5) is 23.5. The molecule has 1 amide bonds. The third-order valence-electron chi connectivity index (χ3n) is 5.44. The number of aliphatic imine (C=N–C) groups is 1. The molecule has 0 aromatic heterocycles. The average molecular weight is 396 g/mol. The monoisotopic (exact) mass is 396 g/mol. The number of fused-ring (bicyclic) bond motifs is 1. The lowest BCUT2D eigenvalue weighted by molar-refractivity contribution is 0.0842. The van der Waals surface area contributed by atoms with E-state index in [2.05, 4.69) is 9.89 Å². The number of benzene rings is 2. The lowest BCUT2D eigenvalue weighted by Gasteiger charge is -2.38. The van der Waals surface area contributed by atoms with E-state index in [1.807, 2.05) is 11.0 Å². The Labute approximate surface area is 167 Å². The number of ether oxygens (including phenoxy) is 2. The quantitative estimate of drug-likeness (QED) is 0.779. The SMILES string of the molecule is O=C(c1ccc2c(c1)OCO2)N1CCN=C1N1CCN(c2ccccc2F)CC1. The zero-order valence-electron chi connectivity index (χ0n) is 15.9. The number of hydrogen-bond donors (Lipinski definition) is 0. The van der Waals surface area contributed by atoms with Crippen molar-refractivity contribution in [2.24, 2.45) is 4.99 Å². The van der Waals surface area contributed by atoms with Crippen molar-refractivity contribution in [2.75, 3.05) is 51.0 Å². The number of rotatable bonds is 2. The van der Waals surface area contributed by atoms with Crippen molar-refractivity contribution in [3.8, 4) is 11.5 Å². The van der Waals surface area contributed by atoms with Gasteiger partial charge in [-0.25, -0.2) is 4.39 Å². The molecular formula is C21H21FN4O3. The van der Waals surface area contributed by atoms with Gasteiger partial charge in [0.2, 0.25) is 12.8 Å². The van der Waals surface area contributed by atoms with Gasteiger partial charge in [-0.3, -0.25) is 14.7 Å². The lowest BCUT2D eigenvalue weighted by Crippen LogP contribution is -2.53. The molecular weight excluding hydrogens is 375 g/mol. The van der Waals surface area contributed by atoms with Gasteiger partial charge in [0, 0.05) is 38.3 Å². The van der Waals surface area contributed by atoms with Crippen LogP contribution in [0.25, 0.3) is 0 Å². The molecule has 0 bridgehead atoms. The highest BCUT2D eigenvalue weighted by molar-refractivity contribution is 6.06. The Balaban J connectivity index is 1.28. The smallest absolute Gasteiger partial charge is 0.260 e. The Bertz CT molecular complexity index is 972. The normalized spacial score (nSPS) is 18.2. The Hall–Kier alpha value is -3.29. The summed E-state index contributed by atoms with van der Waals surface area (Å²) in [5.41, 5.74) is 1.17. The molecule has 0 radical (unpaired) electrons. The second kappa shape index (κ2) is 7.27. The van der Waals surface area contributed by atoms with Crippen LogP contribution in [0.3, 0.4) is 0 Å².